The first-order valence-electron chi connectivity index (χ1n) is 11.1. The van der Waals surface area contributed by atoms with E-state index in [1.165, 1.54) is 30.1 Å². The van der Waals surface area contributed by atoms with Crippen molar-refractivity contribution in [3.05, 3.63) is 89.4 Å². The number of hydrogen-bond acceptors (Lipinski definition) is 5. The van der Waals surface area contributed by atoms with E-state index < -0.39 is 28.5 Å². The highest BCUT2D eigenvalue weighted by Crippen LogP contribution is 2.27. The van der Waals surface area contributed by atoms with Crippen LogP contribution in [0.25, 0.3) is 0 Å². The molecule has 1 N–H and O–H groups in total. The maximum absolute atomic E-state index is 13.7. The van der Waals surface area contributed by atoms with Gasteiger partial charge in [0.25, 0.3) is 10.0 Å². The molecule has 0 fully saturated rings. The van der Waals surface area contributed by atoms with Crippen molar-refractivity contribution in [3.63, 3.8) is 0 Å². The maximum atomic E-state index is 13.7. The Morgan fingerprint density at radius 2 is 1.67 bits per heavy atom. The number of amides is 2. The van der Waals surface area contributed by atoms with Gasteiger partial charge in [0.15, 0.2) is 0 Å². The predicted octanol–water partition coefficient (Wildman–Crippen LogP) is 3.71. The molecule has 0 aromatic heterocycles. The first-order chi connectivity index (χ1) is 17.2. The second-order valence-electron chi connectivity index (χ2n) is 7.96. The quantitative estimate of drug-likeness (QED) is 0.432. The molecule has 1 atom stereocenters. The highest BCUT2D eigenvalue weighted by molar-refractivity contribution is 7.92. The lowest BCUT2D eigenvalue weighted by Crippen LogP contribution is -2.50. The fourth-order valence-electron chi connectivity index (χ4n) is 3.60. The number of hydrogen-bond donors (Lipinski definition) is 1. The zero-order chi connectivity index (χ0) is 26.3. The largest absolute Gasteiger partial charge is 0.497 e. The summed E-state index contributed by atoms with van der Waals surface area (Å²) in [7, 11) is -1.09. The van der Waals surface area contributed by atoms with Crippen LogP contribution in [0.5, 0.6) is 5.75 Å². The van der Waals surface area contributed by atoms with Gasteiger partial charge in [-0.25, -0.2) is 8.42 Å². The highest BCUT2D eigenvalue weighted by Gasteiger charge is 2.32. The van der Waals surface area contributed by atoms with Gasteiger partial charge in [0.1, 0.15) is 18.3 Å². The summed E-state index contributed by atoms with van der Waals surface area (Å²) in [5.41, 5.74) is 0.983. The number of rotatable bonds is 10. The van der Waals surface area contributed by atoms with Crippen molar-refractivity contribution < 1.29 is 22.7 Å². The number of carbonyl (C=O) groups excluding carboxylic acids is 2. The second kappa shape index (κ2) is 11.9. The standard InChI is InChI=1S/C26H28ClN3O5S/c1-19(26(32)28-2)29(17-20-12-14-23(35-3)15-13-20)25(31)18-30(22-9-7-8-21(27)16-22)36(33,34)24-10-5-4-6-11-24/h4-16,19H,17-18H2,1-3H3,(H,28,32). The van der Waals surface area contributed by atoms with Crippen LogP contribution in [-0.2, 0) is 26.2 Å². The summed E-state index contributed by atoms with van der Waals surface area (Å²) in [5.74, 6) is -0.282. The molecule has 0 spiro atoms. The Balaban J connectivity index is 2.00. The molecule has 8 nitrogen and oxygen atoms in total. The molecule has 2 amide bonds. The van der Waals surface area contributed by atoms with E-state index in [2.05, 4.69) is 5.32 Å². The molecule has 190 valence electrons. The molecule has 3 aromatic rings. The van der Waals surface area contributed by atoms with Gasteiger partial charge in [0, 0.05) is 18.6 Å². The van der Waals surface area contributed by atoms with Crippen molar-refractivity contribution in [1.29, 1.82) is 0 Å². The molecule has 3 aromatic carbocycles. The van der Waals surface area contributed by atoms with E-state index in [0.717, 1.165) is 9.87 Å². The normalized spacial score (nSPS) is 11.9. The van der Waals surface area contributed by atoms with Crippen LogP contribution in [0.2, 0.25) is 5.02 Å². The Labute approximate surface area is 216 Å². The summed E-state index contributed by atoms with van der Waals surface area (Å²) in [6, 6.07) is 20.3. The van der Waals surface area contributed by atoms with Crippen molar-refractivity contribution in [2.75, 3.05) is 25.0 Å². The number of nitrogens with one attached hydrogen (secondary N) is 1. The van der Waals surface area contributed by atoms with Gasteiger partial charge in [-0.1, -0.05) is 48.0 Å². The summed E-state index contributed by atoms with van der Waals surface area (Å²) >= 11 is 6.15. The summed E-state index contributed by atoms with van der Waals surface area (Å²) in [6.45, 7) is 1.15. The average molecular weight is 530 g/mol. The molecule has 36 heavy (non-hydrogen) atoms. The van der Waals surface area contributed by atoms with Crippen molar-refractivity contribution in [1.82, 2.24) is 10.2 Å². The summed E-state index contributed by atoms with van der Waals surface area (Å²) in [6.07, 6.45) is 0. The number of ether oxygens (including phenoxy) is 1. The van der Waals surface area contributed by atoms with Crippen molar-refractivity contribution in [2.24, 2.45) is 0 Å². The average Bonchev–Trinajstić information content (AvgIpc) is 2.90. The summed E-state index contributed by atoms with van der Waals surface area (Å²) < 4.78 is 33.4. The Morgan fingerprint density at radius 1 is 1.00 bits per heavy atom. The highest BCUT2D eigenvalue weighted by atomic mass is 35.5. The third-order valence-corrected chi connectivity index (χ3v) is 7.66. The lowest BCUT2D eigenvalue weighted by atomic mass is 10.1. The Morgan fingerprint density at radius 3 is 2.25 bits per heavy atom. The van der Waals surface area contributed by atoms with Crippen LogP contribution in [0.3, 0.4) is 0 Å². The van der Waals surface area contributed by atoms with E-state index in [-0.39, 0.29) is 23.0 Å². The monoisotopic (exact) mass is 529 g/mol. The Bertz CT molecular complexity index is 1300. The van der Waals surface area contributed by atoms with E-state index in [0.29, 0.717) is 10.8 Å². The third kappa shape index (κ3) is 6.35. The van der Waals surface area contributed by atoms with Gasteiger partial charge in [0.05, 0.1) is 17.7 Å². The topological polar surface area (TPSA) is 96.0 Å². The molecule has 0 saturated heterocycles. The first kappa shape index (κ1) is 27.0. The lowest BCUT2D eigenvalue weighted by Gasteiger charge is -2.31. The van der Waals surface area contributed by atoms with E-state index >= 15 is 0 Å². The fourth-order valence-corrected chi connectivity index (χ4v) is 5.21. The van der Waals surface area contributed by atoms with Gasteiger partial charge in [-0.05, 0) is 55.0 Å². The lowest BCUT2D eigenvalue weighted by molar-refractivity contribution is -0.139. The summed E-state index contributed by atoms with van der Waals surface area (Å²) in [5, 5.41) is 2.87. The van der Waals surface area contributed by atoms with Crippen LogP contribution >= 0.6 is 11.6 Å². The van der Waals surface area contributed by atoms with Crippen LogP contribution < -0.4 is 14.4 Å². The van der Waals surface area contributed by atoms with Crippen molar-refractivity contribution in [2.45, 2.75) is 24.4 Å². The van der Waals surface area contributed by atoms with E-state index in [1.54, 1.807) is 74.7 Å². The smallest absolute Gasteiger partial charge is 0.264 e. The Hall–Kier alpha value is -3.56. The van der Waals surface area contributed by atoms with Gasteiger partial charge < -0.3 is 15.0 Å². The van der Waals surface area contributed by atoms with Crippen LogP contribution in [0.1, 0.15) is 12.5 Å². The zero-order valence-electron chi connectivity index (χ0n) is 20.2. The molecule has 0 bridgehead atoms. The number of benzene rings is 3. The second-order valence-corrected chi connectivity index (χ2v) is 10.3. The molecular weight excluding hydrogens is 502 g/mol. The van der Waals surface area contributed by atoms with Gasteiger partial charge in [0.2, 0.25) is 11.8 Å². The van der Waals surface area contributed by atoms with Gasteiger partial charge >= 0.3 is 0 Å². The van der Waals surface area contributed by atoms with Crippen LogP contribution in [0.4, 0.5) is 5.69 Å². The number of anilines is 1. The van der Waals surface area contributed by atoms with Gasteiger partial charge in [-0.2, -0.15) is 0 Å². The molecule has 0 saturated carbocycles. The molecule has 0 heterocycles. The SMILES string of the molecule is CNC(=O)C(C)N(Cc1ccc(OC)cc1)C(=O)CN(c1cccc(Cl)c1)S(=O)(=O)c1ccccc1. The minimum Gasteiger partial charge on any atom is -0.497 e. The number of methoxy groups -OCH3 is 1. The van der Waals surface area contributed by atoms with Crippen LogP contribution in [-0.4, -0.2) is 51.9 Å². The minimum atomic E-state index is -4.12. The molecule has 3 rings (SSSR count). The molecule has 0 aliphatic heterocycles. The third-order valence-electron chi connectivity index (χ3n) is 5.63. The maximum Gasteiger partial charge on any atom is 0.264 e. The Kier molecular flexibility index (Phi) is 8.95. The van der Waals surface area contributed by atoms with Crippen LogP contribution in [0.15, 0.2) is 83.8 Å². The number of sulfonamides is 1. The van der Waals surface area contributed by atoms with Gasteiger partial charge in [-0.3, -0.25) is 13.9 Å². The molecule has 10 heteroatoms. The summed E-state index contributed by atoms with van der Waals surface area (Å²) in [4.78, 5) is 27.5. The van der Waals surface area contributed by atoms with E-state index in [4.69, 9.17) is 16.3 Å². The molecule has 0 aliphatic rings. The van der Waals surface area contributed by atoms with Crippen molar-refractivity contribution in [3.8, 4) is 5.75 Å². The number of halogens is 1. The van der Waals surface area contributed by atoms with Crippen molar-refractivity contribution >= 4 is 39.1 Å². The first-order valence-corrected chi connectivity index (χ1v) is 13.0. The van der Waals surface area contributed by atoms with Crippen LogP contribution in [0, 0.1) is 0 Å². The predicted molar refractivity (Wildman–Crippen MR) is 139 cm³/mol. The number of nitrogens with zero attached hydrogens (tertiary/aromatic N) is 2. The molecular formula is C26H28ClN3O5S. The molecule has 0 aliphatic carbocycles. The van der Waals surface area contributed by atoms with E-state index in [1.807, 2.05) is 0 Å². The minimum absolute atomic E-state index is 0.0267. The molecule has 1 unspecified atom stereocenters. The fraction of sp³-hybridized carbons (Fsp3) is 0.231. The van der Waals surface area contributed by atoms with Gasteiger partial charge in [-0.15, -0.1) is 0 Å². The number of likely N-dealkylation sites (N-methyl/N-ethyl adjacent to an activating group) is 1. The number of carbonyl (C=O) groups is 2. The van der Waals surface area contributed by atoms with E-state index in [9.17, 15) is 18.0 Å². The zero-order valence-corrected chi connectivity index (χ0v) is 21.8. The molecule has 0 radical (unpaired) electrons.